The van der Waals surface area contributed by atoms with Crippen molar-refractivity contribution in [2.24, 2.45) is 0 Å². The second-order valence-corrected chi connectivity index (χ2v) is 2.34. The van der Waals surface area contributed by atoms with E-state index < -0.39 is 15.2 Å². The van der Waals surface area contributed by atoms with Crippen molar-refractivity contribution < 1.29 is 14.4 Å². The topological polar surface area (TPSA) is 51.2 Å². The zero-order valence-electron chi connectivity index (χ0n) is 4.24. The SMILES string of the molecule is O=C(Cl)C(=O)Cl.O=C(Cl)Cl. The van der Waals surface area contributed by atoms with Crippen LogP contribution >= 0.6 is 46.4 Å². The molecule has 0 aliphatic carbocycles. The first-order chi connectivity index (χ1) is 4.37. The van der Waals surface area contributed by atoms with Crippen molar-refractivity contribution in [1.82, 2.24) is 0 Å². The molecule has 3 nitrogen and oxygen atoms in total. The van der Waals surface area contributed by atoms with Gasteiger partial charge in [-0.15, -0.1) is 0 Å². The Morgan fingerprint density at radius 3 is 0.800 bits per heavy atom. The molecule has 0 N–H and O–H groups in total. The Kier molecular flexibility index (Phi) is 9.33. The first-order valence-electron chi connectivity index (χ1n) is 1.62. The minimum absolute atomic E-state index is 0.889. The fraction of sp³-hybridized carbons (Fsp3) is 0. The molecule has 0 saturated carbocycles. The highest BCUT2D eigenvalue weighted by Crippen LogP contribution is 1.85. The molecule has 7 heteroatoms. The van der Waals surface area contributed by atoms with Crippen LogP contribution in [0.25, 0.3) is 0 Å². The lowest BCUT2D eigenvalue weighted by Gasteiger charge is -1.67. The van der Waals surface area contributed by atoms with Crippen LogP contribution in [0.4, 0.5) is 4.79 Å². The molecule has 0 spiro atoms. The highest BCUT2D eigenvalue weighted by atomic mass is 35.5. The predicted octanol–water partition coefficient (Wildman–Crippen LogP) is 2.10. The van der Waals surface area contributed by atoms with Crippen LogP contribution in [0.2, 0.25) is 0 Å². The molecule has 0 atom stereocenters. The van der Waals surface area contributed by atoms with Gasteiger partial charge in [-0.1, -0.05) is 0 Å². The van der Waals surface area contributed by atoms with Crippen molar-refractivity contribution in [2.75, 3.05) is 0 Å². The molecule has 0 aliphatic heterocycles. The summed E-state index contributed by atoms with van der Waals surface area (Å²) < 4.78 is -0.889. The Morgan fingerprint density at radius 1 is 0.700 bits per heavy atom. The summed E-state index contributed by atoms with van der Waals surface area (Å²) in [5.41, 5.74) is 0. The lowest BCUT2D eigenvalue weighted by molar-refractivity contribution is -0.127. The largest absolute Gasteiger partial charge is 0.313 e. The number of rotatable bonds is 1. The molecule has 58 valence electrons. The minimum Gasteiger partial charge on any atom is -0.271 e. The van der Waals surface area contributed by atoms with E-state index >= 15 is 0 Å². The molecule has 0 fully saturated rings. The molecule has 0 unspecified atom stereocenters. The van der Waals surface area contributed by atoms with Crippen molar-refractivity contribution in [3.8, 4) is 0 Å². The molecule has 0 aromatic carbocycles. The van der Waals surface area contributed by atoms with Crippen LogP contribution in [0.5, 0.6) is 0 Å². The van der Waals surface area contributed by atoms with Crippen LogP contribution in [0.15, 0.2) is 0 Å². The number of halogens is 4. The van der Waals surface area contributed by atoms with Crippen molar-refractivity contribution in [1.29, 1.82) is 0 Å². The third kappa shape index (κ3) is 24.2. The number of carbonyl (C=O) groups excluding carboxylic acids is 3. The highest BCUT2D eigenvalue weighted by Gasteiger charge is 2.01. The molecule has 0 aromatic rings. The van der Waals surface area contributed by atoms with Gasteiger partial charge in [-0.3, -0.25) is 14.4 Å². The van der Waals surface area contributed by atoms with Crippen molar-refractivity contribution >= 4 is 61.6 Å². The van der Waals surface area contributed by atoms with Gasteiger partial charge in [0.15, 0.2) is 0 Å². The van der Waals surface area contributed by atoms with Crippen molar-refractivity contribution in [2.45, 2.75) is 0 Å². The molecule has 0 bridgehead atoms. The maximum absolute atomic E-state index is 9.43. The van der Waals surface area contributed by atoms with Crippen LogP contribution in [0.1, 0.15) is 0 Å². The Labute approximate surface area is 76.2 Å². The lowest BCUT2D eigenvalue weighted by atomic mass is 10.9. The maximum Gasteiger partial charge on any atom is 0.313 e. The summed E-state index contributed by atoms with van der Waals surface area (Å²) >= 11 is 17.8. The Morgan fingerprint density at radius 2 is 0.800 bits per heavy atom. The molecule has 10 heavy (non-hydrogen) atoms. The van der Waals surface area contributed by atoms with Crippen molar-refractivity contribution in [3.05, 3.63) is 0 Å². The first-order valence-corrected chi connectivity index (χ1v) is 3.13. The number of hydrogen-bond acceptors (Lipinski definition) is 3. The van der Waals surface area contributed by atoms with E-state index in [1.807, 2.05) is 0 Å². The van der Waals surface area contributed by atoms with E-state index in [4.69, 9.17) is 4.79 Å². The van der Waals surface area contributed by atoms with Crippen LogP contribution in [0.3, 0.4) is 0 Å². The quantitative estimate of drug-likeness (QED) is 0.508. The van der Waals surface area contributed by atoms with Crippen molar-refractivity contribution in [3.63, 3.8) is 0 Å². The molecular weight excluding hydrogens is 226 g/mol. The summed E-state index contributed by atoms with van der Waals surface area (Å²) in [5, 5.41) is -2.28. The van der Waals surface area contributed by atoms with Gasteiger partial charge in [0, 0.05) is 0 Å². The van der Waals surface area contributed by atoms with E-state index in [2.05, 4.69) is 46.4 Å². The number of carbonyl (C=O) groups is 3. The van der Waals surface area contributed by atoms with Gasteiger partial charge in [-0.2, -0.15) is 0 Å². The molecule has 0 amide bonds. The van der Waals surface area contributed by atoms with E-state index in [-0.39, 0.29) is 0 Å². The summed E-state index contributed by atoms with van der Waals surface area (Å²) in [6, 6.07) is 0. The molecule has 0 rings (SSSR count). The summed E-state index contributed by atoms with van der Waals surface area (Å²) in [6.45, 7) is 0. The molecule has 0 aromatic heterocycles. The summed E-state index contributed by atoms with van der Waals surface area (Å²) in [4.78, 5) is 27.8. The van der Waals surface area contributed by atoms with E-state index in [1.54, 1.807) is 0 Å². The van der Waals surface area contributed by atoms with E-state index in [1.165, 1.54) is 0 Å². The van der Waals surface area contributed by atoms with Crippen LogP contribution in [0, 0.1) is 0 Å². The van der Waals surface area contributed by atoms with Gasteiger partial charge in [-0.05, 0) is 46.4 Å². The Hall–Kier alpha value is 0.170. The van der Waals surface area contributed by atoms with Gasteiger partial charge in [0.1, 0.15) is 0 Å². The average molecular weight is 226 g/mol. The van der Waals surface area contributed by atoms with Gasteiger partial charge in [0.2, 0.25) is 0 Å². The van der Waals surface area contributed by atoms with Crippen LogP contribution in [-0.4, -0.2) is 15.2 Å². The smallest absolute Gasteiger partial charge is 0.271 e. The van der Waals surface area contributed by atoms with E-state index in [0.717, 1.165) is 0 Å². The number of hydrogen-bond donors (Lipinski definition) is 0. The van der Waals surface area contributed by atoms with Gasteiger partial charge < -0.3 is 0 Å². The Bertz CT molecular complexity index is 138. The monoisotopic (exact) mass is 224 g/mol. The molecular formula is C3Cl4O3. The minimum atomic E-state index is -1.14. The zero-order valence-corrected chi connectivity index (χ0v) is 7.26. The fourth-order valence-electron chi connectivity index (χ4n) is 0. The van der Waals surface area contributed by atoms with Gasteiger partial charge in [-0.25, -0.2) is 0 Å². The maximum atomic E-state index is 9.43. The highest BCUT2D eigenvalue weighted by molar-refractivity contribution is 6.97. The third-order valence-corrected chi connectivity index (χ3v) is 0.595. The second-order valence-electron chi connectivity index (χ2n) is 0.773. The van der Waals surface area contributed by atoms with Gasteiger partial charge in [0.25, 0.3) is 0 Å². The normalized spacial score (nSPS) is 7.20. The van der Waals surface area contributed by atoms with Crippen LogP contribution < -0.4 is 0 Å². The standard InChI is InChI=1S/C2Cl2O2.CCl2O/c3-1(5)2(4)6;2-1(3)4. The predicted molar refractivity (Wildman–Crippen MR) is 38.8 cm³/mol. The summed E-state index contributed by atoms with van der Waals surface area (Å²) in [6.07, 6.45) is 0. The van der Waals surface area contributed by atoms with E-state index in [9.17, 15) is 9.59 Å². The molecule has 0 saturated heterocycles. The zero-order chi connectivity index (χ0) is 8.73. The molecule has 0 aliphatic rings. The van der Waals surface area contributed by atoms with Crippen LogP contribution in [-0.2, 0) is 9.59 Å². The van der Waals surface area contributed by atoms with Gasteiger partial charge in [0.05, 0.1) is 0 Å². The molecule has 0 heterocycles. The first kappa shape index (κ1) is 12.8. The lowest BCUT2D eigenvalue weighted by Crippen LogP contribution is -1.94. The average Bonchev–Trinajstić information content (AvgIpc) is 1.63. The molecule has 0 radical (unpaired) electrons. The third-order valence-electron chi connectivity index (χ3n) is 0.155. The van der Waals surface area contributed by atoms with E-state index in [0.29, 0.717) is 0 Å². The second kappa shape index (κ2) is 7.28. The summed E-state index contributed by atoms with van der Waals surface area (Å²) in [5.74, 6) is 0. The summed E-state index contributed by atoms with van der Waals surface area (Å²) in [7, 11) is 0. The van der Waals surface area contributed by atoms with Gasteiger partial charge >= 0.3 is 15.2 Å². The Balaban J connectivity index is 0. The fourth-order valence-corrected chi connectivity index (χ4v) is 0.